The van der Waals surface area contributed by atoms with E-state index in [0.717, 1.165) is 12.4 Å². The lowest BCUT2D eigenvalue weighted by Gasteiger charge is -2.08. The fourth-order valence-electron chi connectivity index (χ4n) is 1.31. The molecule has 1 aromatic carbocycles. The highest BCUT2D eigenvalue weighted by molar-refractivity contribution is 7.99. The minimum atomic E-state index is 0.114. The van der Waals surface area contributed by atoms with Crippen LogP contribution in [0.3, 0.4) is 0 Å². The van der Waals surface area contributed by atoms with Crippen LogP contribution in [0.25, 0.3) is 0 Å². The highest BCUT2D eigenvalue weighted by atomic mass is 32.2. The van der Waals surface area contributed by atoms with Gasteiger partial charge in [0.2, 0.25) is 0 Å². The molecule has 0 aliphatic heterocycles. The predicted octanol–water partition coefficient (Wildman–Crippen LogP) is 3.22. The van der Waals surface area contributed by atoms with Crippen LogP contribution in [0.2, 0.25) is 0 Å². The van der Waals surface area contributed by atoms with Gasteiger partial charge in [0.15, 0.2) is 0 Å². The summed E-state index contributed by atoms with van der Waals surface area (Å²) in [5, 5.41) is 0. The number of benzene rings is 1. The Balaban J connectivity index is 2.32. The number of hydrogen-bond acceptors (Lipinski definition) is 3. The molecule has 90 valence electrons. The van der Waals surface area contributed by atoms with E-state index >= 15 is 0 Å². The monoisotopic (exact) mass is 239 g/mol. The van der Waals surface area contributed by atoms with Crippen LogP contribution >= 0.6 is 11.8 Å². The average molecular weight is 239 g/mol. The Morgan fingerprint density at radius 3 is 2.31 bits per heavy atom. The van der Waals surface area contributed by atoms with E-state index < -0.39 is 0 Å². The molecule has 3 heteroatoms. The summed E-state index contributed by atoms with van der Waals surface area (Å²) in [5.74, 6) is 0.996. The topological polar surface area (TPSA) is 35.2 Å². The molecule has 0 saturated heterocycles. The van der Waals surface area contributed by atoms with Crippen molar-refractivity contribution in [2.45, 2.75) is 37.8 Å². The highest BCUT2D eigenvalue weighted by Gasteiger charge is 2.00. The van der Waals surface area contributed by atoms with Crippen molar-refractivity contribution in [2.75, 3.05) is 12.4 Å². The molecule has 0 heterocycles. The van der Waals surface area contributed by atoms with Crippen LogP contribution in [-0.4, -0.2) is 18.5 Å². The van der Waals surface area contributed by atoms with Gasteiger partial charge in [-0.25, -0.2) is 0 Å². The van der Waals surface area contributed by atoms with Crippen molar-refractivity contribution < 1.29 is 4.74 Å². The van der Waals surface area contributed by atoms with Gasteiger partial charge in [-0.3, -0.25) is 0 Å². The van der Waals surface area contributed by atoms with Gasteiger partial charge in [-0.15, -0.1) is 11.8 Å². The fourth-order valence-corrected chi connectivity index (χ4v) is 2.05. The van der Waals surface area contributed by atoms with Gasteiger partial charge in [0.05, 0.1) is 12.7 Å². The second kappa shape index (κ2) is 6.94. The predicted molar refractivity (Wildman–Crippen MR) is 70.9 cm³/mol. The molecule has 2 N–H and O–H groups in total. The zero-order valence-electron chi connectivity index (χ0n) is 10.3. The third kappa shape index (κ3) is 5.01. The Kier molecular flexibility index (Phi) is 5.88. The molecular formula is C13H21NOS. The zero-order valence-corrected chi connectivity index (χ0v) is 11.1. The highest BCUT2D eigenvalue weighted by Crippen LogP contribution is 2.20. The molecule has 0 aliphatic rings. The molecule has 0 saturated carbocycles. The van der Waals surface area contributed by atoms with Crippen LogP contribution in [0.1, 0.15) is 32.4 Å². The van der Waals surface area contributed by atoms with Gasteiger partial charge < -0.3 is 10.5 Å². The molecule has 16 heavy (non-hydrogen) atoms. The molecule has 0 spiro atoms. The number of rotatable bonds is 6. The first-order chi connectivity index (χ1) is 7.59. The Morgan fingerprint density at radius 2 is 1.81 bits per heavy atom. The number of thioether (sulfide) groups is 1. The van der Waals surface area contributed by atoms with Crippen molar-refractivity contribution in [3.05, 3.63) is 29.8 Å². The van der Waals surface area contributed by atoms with Crippen LogP contribution in [-0.2, 0) is 4.74 Å². The lowest BCUT2D eigenvalue weighted by molar-refractivity contribution is 0.0920. The van der Waals surface area contributed by atoms with Gasteiger partial charge in [-0.05, 0) is 38.5 Å². The average Bonchev–Trinajstić information content (AvgIpc) is 2.25. The third-order valence-corrected chi connectivity index (χ3v) is 3.19. The lowest BCUT2D eigenvalue weighted by atomic mass is 10.1. The Morgan fingerprint density at radius 1 is 1.19 bits per heavy atom. The van der Waals surface area contributed by atoms with Crippen LogP contribution < -0.4 is 5.73 Å². The first-order valence-electron chi connectivity index (χ1n) is 5.69. The van der Waals surface area contributed by atoms with Gasteiger partial charge in [0.25, 0.3) is 0 Å². The van der Waals surface area contributed by atoms with Crippen LogP contribution in [0, 0.1) is 0 Å². The van der Waals surface area contributed by atoms with E-state index in [1.54, 1.807) is 0 Å². The van der Waals surface area contributed by atoms with Gasteiger partial charge in [-0.1, -0.05) is 12.1 Å². The summed E-state index contributed by atoms with van der Waals surface area (Å²) < 4.78 is 5.48. The summed E-state index contributed by atoms with van der Waals surface area (Å²) in [4.78, 5) is 1.27. The van der Waals surface area contributed by atoms with Gasteiger partial charge in [0.1, 0.15) is 0 Å². The smallest absolute Gasteiger partial charge is 0.0563 e. The van der Waals surface area contributed by atoms with E-state index in [0.29, 0.717) is 6.10 Å². The molecule has 1 rings (SSSR count). The van der Waals surface area contributed by atoms with Crippen molar-refractivity contribution >= 4 is 11.8 Å². The largest absolute Gasteiger partial charge is 0.378 e. The molecule has 0 bridgehead atoms. The van der Waals surface area contributed by atoms with Crippen molar-refractivity contribution in [2.24, 2.45) is 5.73 Å². The molecule has 2 nitrogen and oxygen atoms in total. The zero-order chi connectivity index (χ0) is 12.0. The fraction of sp³-hybridized carbons (Fsp3) is 0.538. The minimum absolute atomic E-state index is 0.114. The maximum atomic E-state index is 5.79. The van der Waals surface area contributed by atoms with Crippen LogP contribution in [0.5, 0.6) is 0 Å². The second-order valence-electron chi connectivity index (χ2n) is 4.13. The van der Waals surface area contributed by atoms with E-state index in [-0.39, 0.29) is 6.04 Å². The minimum Gasteiger partial charge on any atom is -0.378 e. The quantitative estimate of drug-likeness (QED) is 0.611. The summed E-state index contributed by atoms with van der Waals surface area (Å²) in [6, 6.07) is 8.55. The van der Waals surface area contributed by atoms with Crippen molar-refractivity contribution in [1.29, 1.82) is 0 Å². The Labute approximate surface area is 103 Å². The maximum absolute atomic E-state index is 5.79. The van der Waals surface area contributed by atoms with Crippen molar-refractivity contribution in [1.82, 2.24) is 0 Å². The van der Waals surface area contributed by atoms with E-state index in [1.807, 2.05) is 18.7 Å². The third-order valence-electron chi connectivity index (χ3n) is 2.21. The van der Waals surface area contributed by atoms with Gasteiger partial charge in [0, 0.05) is 16.7 Å². The summed E-state index contributed by atoms with van der Waals surface area (Å²) >= 11 is 1.82. The number of hydrogen-bond donors (Lipinski definition) is 1. The molecule has 1 aromatic rings. The summed E-state index contributed by atoms with van der Waals surface area (Å²) in [6.07, 6.45) is 0.320. The molecule has 0 amide bonds. The summed E-state index contributed by atoms with van der Waals surface area (Å²) in [7, 11) is 0. The first kappa shape index (κ1) is 13.6. The number of ether oxygens (including phenoxy) is 1. The van der Waals surface area contributed by atoms with E-state index in [4.69, 9.17) is 10.5 Å². The molecule has 0 aliphatic carbocycles. The number of nitrogens with two attached hydrogens (primary N) is 1. The lowest BCUT2D eigenvalue weighted by Crippen LogP contribution is -2.05. The van der Waals surface area contributed by atoms with E-state index in [2.05, 4.69) is 38.1 Å². The molecule has 0 fully saturated rings. The van der Waals surface area contributed by atoms with E-state index in [9.17, 15) is 0 Å². The van der Waals surface area contributed by atoms with E-state index in [1.165, 1.54) is 10.5 Å². The molecule has 0 aromatic heterocycles. The SMILES string of the molecule is CC(C)OCCSc1ccc(C(C)N)cc1. The Bertz CT molecular complexity index is 295. The maximum Gasteiger partial charge on any atom is 0.0563 e. The van der Waals surface area contributed by atoms with Crippen LogP contribution in [0.4, 0.5) is 0 Å². The molecule has 0 radical (unpaired) electrons. The van der Waals surface area contributed by atoms with Crippen molar-refractivity contribution in [3.63, 3.8) is 0 Å². The molecular weight excluding hydrogens is 218 g/mol. The van der Waals surface area contributed by atoms with Gasteiger partial charge in [-0.2, -0.15) is 0 Å². The standard InChI is InChI=1S/C13H21NOS/c1-10(2)15-8-9-16-13-6-4-12(5-7-13)11(3)14/h4-7,10-11H,8-9,14H2,1-3H3. The summed E-state index contributed by atoms with van der Waals surface area (Å²) in [6.45, 7) is 6.92. The summed E-state index contributed by atoms with van der Waals surface area (Å²) in [5.41, 5.74) is 6.98. The molecule has 1 unspecified atom stereocenters. The van der Waals surface area contributed by atoms with Crippen LogP contribution in [0.15, 0.2) is 29.2 Å². The van der Waals surface area contributed by atoms with Crippen molar-refractivity contribution in [3.8, 4) is 0 Å². The Hall–Kier alpha value is -0.510. The first-order valence-corrected chi connectivity index (χ1v) is 6.68. The van der Waals surface area contributed by atoms with Gasteiger partial charge >= 0.3 is 0 Å². The molecule has 1 atom stereocenters. The normalized spacial score (nSPS) is 13.1. The second-order valence-corrected chi connectivity index (χ2v) is 5.29.